The van der Waals surface area contributed by atoms with E-state index in [0.717, 1.165) is 43.1 Å². The standard InChI is InChI=1S/C25H24FN3O2/c1-18-2-4-21(5-3-18)25(30)28-27-24(19-6-10-22(26)11-7-19)20-8-12-23(13-9-20)29-14-16-31-17-15-29/h2-13H,14-17H2,1H3,(H,28,30)/b27-24+. The SMILES string of the molecule is Cc1ccc(C(=O)N/N=C(\c2ccc(F)cc2)c2ccc(N3CCOCC3)cc2)cc1. The number of hydrazone groups is 1. The van der Waals surface area contributed by atoms with Crippen molar-refractivity contribution in [2.24, 2.45) is 5.10 Å². The zero-order chi connectivity index (χ0) is 21.6. The molecule has 0 atom stereocenters. The number of benzene rings is 3. The Kier molecular flexibility index (Phi) is 6.38. The van der Waals surface area contributed by atoms with Gasteiger partial charge in [0.1, 0.15) is 5.82 Å². The summed E-state index contributed by atoms with van der Waals surface area (Å²) in [4.78, 5) is 14.8. The molecule has 0 saturated carbocycles. The van der Waals surface area contributed by atoms with Gasteiger partial charge >= 0.3 is 0 Å². The molecule has 4 rings (SSSR count). The zero-order valence-electron chi connectivity index (χ0n) is 17.3. The van der Waals surface area contributed by atoms with E-state index >= 15 is 0 Å². The second-order valence-electron chi connectivity index (χ2n) is 7.42. The van der Waals surface area contributed by atoms with Crippen molar-refractivity contribution in [3.8, 4) is 0 Å². The van der Waals surface area contributed by atoms with Gasteiger partial charge < -0.3 is 9.64 Å². The second-order valence-corrected chi connectivity index (χ2v) is 7.42. The third kappa shape index (κ3) is 5.16. The van der Waals surface area contributed by atoms with Crippen LogP contribution in [0, 0.1) is 12.7 Å². The highest BCUT2D eigenvalue weighted by atomic mass is 19.1. The number of morpholine rings is 1. The topological polar surface area (TPSA) is 53.9 Å². The van der Waals surface area contributed by atoms with Crippen molar-refractivity contribution in [1.82, 2.24) is 5.43 Å². The Hall–Kier alpha value is -3.51. The normalized spacial score (nSPS) is 14.4. The van der Waals surface area contributed by atoms with Gasteiger partial charge in [0.15, 0.2) is 0 Å². The van der Waals surface area contributed by atoms with Crippen molar-refractivity contribution in [2.75, 3.05) is 31.2 Å². The second kappa shape index (κ2) is 9.53. The molecule has 0 spiro atoms. The Morgan fingerprint density at radius 1 is 0.871 bits per heavy atom. The predicted molar refractivity (Wildman–Crippen MR) is 120 cm³/mol. The molecule has 1 aliphatic heterocycles. The summed E-state index contributed by atoms with van der Waals surface area (Å²) in [6, 6.07) is 21.3. The molecule has 3 aromatic carbocycles. The summed E-state index contributed by atoms with van der Waals surface area (Å²) < 4.78 is 18.9. The molecule has 1 aliphatic rings. The van der Waals surface area contributed by atoms with Crippen LogP contribution >= 0.6 is 0 Å². The molecule has 5 nitrogen and oxygen atoms in total. The number of rotatable bonds is 5. The number of hydrogen-bond acceptors (Lipinski definition) is 4. The lowest BCUT2D eigenvalue weighted by Crippen LogP contribution is -2.36. The number of carbonyl (C=O) groups excluding carboxylic acids is 1. The maximum absolute atomic E-state index is 13.5. The highest BCUT2D eigenvalue weighted by molar-refractivity contribution is 6.13. The van der Waals surface area contributed by atoms with Crippen LogP contribution in [0.2, 0.25) is 0 Å². The summed E-state index contributed by atoms with van der Waals surface area (Å²) in [5, 5.41) is 4.40. The first-order chi connectivity index (χ1) is 15.1. The summed E-state index contributed by atoms with van der Waals surface area (Å²) in [6.07, 6.45) is 0. The Labute approximate surface area is 181 Å². The lowest BCUT2D eigenvalue weighted by molar-refractivity contribution is 0.0955. The number of amides is 1. The van der Waals surface area contributed by atoms with Crippen LogP contribution in [0.5, 0.6) is 0 Å². The Morgan fingerprint density at radius 3 is 2.03 bits per heavy atom. The fourth-order valence-corrected chi connectivity index (χ4v) is 3.43. The molecule has 6 heteroatoms. The molecule has 0 aliphatic carbocycles. The molecule has 1 N–H and O–H groups in total. The minimum absolute atomic E-state index is 0.301. The van der Waals surface area contributed by atoms with Gasteiger partial charge in [0.2, 0.25) is 0 Å². The molecule has 0 bridgehead atoms. The first-order valence-corrected chi connectivity index (χ1v) is 10.2. The highest BCUT2D eigenvalue weighted by Gasteiger charge is 2.14. The average Bonchev–Trinajstić information content (AvgIpc) is 2.81. The molecular weight excluding hydrogens is 393 g/mol. The van der Waals surface area contributed by atoms with Gasteiger partial charge in [-0.05, 0) is 55.5 Å². The average molecular weight is 417 g/mol. The number of aryl methyl sites for hydroxylation is 1. The lowest BCUT2D eigenvalue weighted by Gasteiger charge is -2.29. The van der Waals surface area contributed by atoms with E-state index in [1.54, 1.807) is 24.3 Å². The van der Waals surface area contributed by atoms with Crippen LogP contribution in [0.3, 0.4) is 0 Å². The van der Waals surface area contributed by atoms with Gasteiger partial charge in [-0.3, -0.25) is 4.79 Å². The molecule has 1 heterocycles. The van der Waals surface area contributed by atoms with E-state index in [2.05, 4.69) is 15.4 Å². The van der Waals surface area contributed by atoms with Crippen LogP contribution in [0.4, 0.5) is 10.1 Å². The lowest BCUT2D eigenvalue weighted by atomic mass is 10.0. The van der Waals surface area contributed by atoms with Gasteiger partial charge in [0, 0.05) is 35.5 Å². The minimum atomic E-state index is -0.325. The van der Waals surface area contributed by atoms with Crippen molar-refractivity contribution < 1.29 is 13.9 Å². The molecular formula is C25H24FN3O2. The fourth-order valence-electron chi connectivity index (χ4n) is 3.43. The van der Waals surface area contributed by atoms with E-state index in [1.807, 2.05) is 43.3 Å². The first kappa shape index (κ1) is 20.8. The van der Waals surface area contributed by atoms with E-state index in [9.17, 15) is 9.18 Å². The van der Waals surface area contributed by atoms with Gasteiger partial charge in [-0.15, -0.1) is 0 Å². The van der Waals surface area contributed by atoms with Gasteiger partial charge in [-0.25, -0.2) is 9.82 Å². The number of ether oxygens (including phenoxy) is 1. The molecule has 31 heavy (non-hydrogen) atoms. The number of hydrogen-bond donors (Lipinski definition) is 1. The van der Waals surface area contributed by atoms with Crippen molar-refractivity contribution in [3.05, 3.63) is 101 Å². The molecule has 1 fully saturated rings. The molecule has 0 aromatic heterocycles. The highest BCUT2D eigenvalue weighted by Crippen LogP contribution is 2.19. The van der Waals surface area contributed by atoms with E-state index in [4.69, 9.17) is 4.74 Å². The van der Waals surface area contributed by atoms with Crippen molar-refractivity contribution in [2.45, 2.75) is 6.92 Å². The van der Waals surface area contributed by atoms with Gasteiger partial charge in [-0.1, -0.05) is 29.8 Å². The number of anilines is 1. The molecule has 0 radical (unpaired) electrons. The number of halogens is 1. The molecule has 3 aromatic rings. The van der Waals surface area contributed by atoms with Crippen LogP contribution in [0.25, 0.3) is 0 Å². The number of nitrogens with zero attached hydrogens (tertiary/aromatic N) is 2. The monoisotopic (exact) mass is 417 g/mol. The van der Waals surface area contributed by atoms with Crippen LogP contribution in [0.15, 0.2) is 77.9 Å². The van der Waals surface area contributed by atoms with Crippen molar-refractivity contribution in [3.63, 3.8) is 0 Å². The van der Waals surface area contributed by atoms with E-state index in [-0.39, 0.29) is 11.7 Å². The minimum Gasteiger partial charge on any atom is -0.378 e. The quantitative estimate of drug-likeness (QED) is 0.501. The Morgan fingerprint density at radius 2 is 1.42 bits per heavy atom. The third-order valence-corrected chi connectivity index (χ3v) is 5.22. The van der Waals surface area contributed by atoms with Crippen LogP contribution in [0.1, 0.15) is 27.0 Å². The summed E-state index contributed by atoms with van der Waals surface area (Å²) in [5.74, 6) is -0.626. The summed E-state index contributed by atoms with van der Waals surface area (Å²) in [7, 11) is 0. The maximum atomic E-state index is 13.5. The Balaban J connectivity index is 1.61. The molecule has 158 valence electrons. The molecule has 0 unspecified atom stereocenters. The smallest absolute Gasteiger partial charge is 0.271 e. The van der Waals surface area contributed by atoms with Crippen molar-refractivity contribution in [1.29, 1.82) is 0 Å². The molecule has 1 amide bonds. The first-order valence-electron chi connectivity index (χ1n) is 10.2. The largest absolute Gasteiger partial charge is 0.378 e. The molecule has 1 saturated heterocycles. The summed E-state index contributed by atoms with van der Waals surface area (Å²) in [5.41, 5.74) is 7.45. The Bertz CT molecular complexity index is 1060. The van der Waals surface area contributed by atoms with Crippen LogP contribution in [-0.4, -0.2) is 37.9 Å². The van der Waals surface area contributed by atoms with Crippen LogP contribution in [-0.2, 0) is 4.74 Å². The summed E-state index contributed by atoms with van der Waals surface area (Å²) >= 11 is 0. The van der Waals surface area contributed by atoms with E-state index < -0.39 is 0 Å². The predicted octanol–water partition coefficient (Wildman–Crippen LogP) is 4.15. The van der Waals surface area contributed by atoms with Gasteiger partial charge in [0.05, 0.1) is 18.9 Å². The van der Waals surface area contributed by atoms with E-state index in [1.165, 1.54) is 12.1 Å². The number of carbonyl (C=O) groups is 1. The zero-order valence-corrected chi connectivity index (χ0v) is 17.3. The van der Waals surface area contributed by atoms with E-state index in [0.29, 0.717) is 16.8 Å². The van der Waals surface area contributed by atoms with Crippen LogP contribution < -0.4 is 10.3 Å². The maximum Gasteiger partial charge on any atom is 0.271 e. The third-order valence-electron chi connectivity index (χ3n) is 5.22. The fraction of sp³-hybridized carbons (Fsp3) is 0.200. The van der Waals surface area contributed by atoms with Gasteiger partial charge in [-0.2, -0.15) is 5.10 Å². The van der Waals surface area contributed by atoms with Crippen molar-refractivity contribution >= 4 is 17.3 Å². The summed E-state index contributed by atoms with van der Waals surface area (Å²) in [6.45, 7) is 5.10. The number of nitrogens with one attached hydrogen (secondary N) is 1. The van der Waals surface area contributed by atoms with Gasteiger partial charge in [0.25, 0.3) is 5.91 Å².